The summed E-state index contributed by atoms with van der Waals surface area (Å²) in [5, 5.41) is 10.3. The van der Waals surface area contributed by atoms with Gasteiger partial charge in [-0.2, -0.15) is 0 Å². The molecular weight excluding hydrogens is 280 g/mol. The summed E-state index contributed by atoms with van der Waals surface area (Å²) in [6.07, 6.45) is 1.68. The molecule has 0 saturated carbocycles. The number of hydrogen-bond acceptors (Lipinski definition) is 3. The molecule has 0 aliphatic heterocycles. The third-order valence-corrected chi connectivity index (χ3v) is 4.28. The molecule has 1 aromatic rings. The van der Waals surface area contributed by atoms with Crippen molar-refractivity contribution in [2.45, 2.75) is 39.4 Å². The number of ether oxygens (including phenoxy) is 1. The first-order valence-electron chi connectivity index (χ1n) is 7.21. The number of phenols is 1. The van der Waals surface area contributed by atoms with Gasteiger partial charge in [0.1, 0.15) is 5.75 Å². The number of aryl methyl sites for hydroxylation is 2. The Hall–Kier alpha value is -1.68. The average Bonchev–Trinajstić information content (AvgIpc) is 2.34. The van der Waals surface area contributed by atoms with Crippen molar-refractivity contribution < 1.29 is 14.3 Å². The lowest BCUT2D eigenvalue weighted by Crippen LogP contribution is -2.26. The first-order valence-corrected chi connectivity index (χ1v) is 10.6. The van der Waals surface area contributed by atoms with Crippen molar-refractivity contribution in [3.05, 3.63) is 46.9 Å². The van der Waals surface area contributed by atoms with E-state index in [1.54, 1.807) is 13.2 Å². The Kier molecular flexibility index (Phi) is 4.19. The Morgan fingerprint density at radius 3 is 2.48 bits per heavy atom. The van der Waals surface area contributed by atoms with Crippen LogP contribution in [0.3, 0.4) is 0 Å². The largest absolute Gasteiger partial charge is 0.520 e. The third kappa shape index (κ3) is 3.32. The second-order valence-electron chi connectivity index (χ2n) is 6.48. The lowest BCUT2D eigenvalue weighted by atomic mass is 9.83. The summed E-state index contributed by atoms with van der Waals surface area (Å²) in [6, 6.07) is 3.89. The minimum atomic E-state index is -1.76. The molecule has 1 N–H and O–H groups in total. The van der Waals surface area contributed by atoms with Crippen LogP contribution >= 0.6 is 0 Å². The summed E-state index contributed by atoms with van der Waals surface area (Å²) in [7, 11) is -0.130. The van der Waals surface area contributed by atoms with Gasteiger partial charge in [0.25, 0.3) is 5.95 Å². The fourth-order valence-corrected chi connectivity index (χ4v) is 3.44. The summed E-state index contributed by atoms with van der Waals surface area (Å²) >= 11 is 0. The SMILES string of the molecule is C=C1/C(=C(/OC)O[Si](C)(C)C)CCc2cc(C)cc(O)c21. The summed E-state index contributed by atoms with van der Waals surface area (Å²) in [4.78, 5) is 0. The quantitative estimate of drug-likeness (QED) is 0.665. The molecule has 0 heterocycles. The molecule has 21 heavy (non-hydrogen) atoms. The van der Waals surface area contributed by atoms with Crippen LogP contribution in [0.25, 0.3) is 5.57 Å². The second kappa shape index (κ2) is 5.60. The smallest absolute Gasteiger partial charge is 0.268 e. The lowest BCUT2D eigenvalue weighted by molar-refractivity contribution is 0.142. The Bertz CT molecular complexity index is 609. The molecule has 114 valence electrons. The zero-order chi connectivity index (χ0) is 15.8. The number of aromatic hydroxyl groups is 1. The molecule has 0 saturated heterocycles. The maximum Gasteiger partial charge on any atom is 0.268 e. The number of rotatable bonds is 3. The fourth-order valence-electron chi connectivity index (χ4n) is 2.68. The van der Waals surface area contributed by atoms with Crippen molar-refractivity contribution in [3.8, 4) is 5.75 Å². The van der Waals surface area contributed by atoms with Crippen LogP contribution < -0.4 is 0 Å². The van der Waals surface area contributed by atoms with Crippen molar-refractivity contribution in [1.82, 2.24) is 0 Å². The molecule has 0 aromatic heterocycles. The highest BCUT2D eigenvalue weighted by atomic mass is 28.4. The van der Waals surface area contributed by atoms with E-state index in [2.05, 4.69) is 32.3 Å². The zero-order valence-electron chi connectivity index (χ0n) is 13.5. The van der Waals surface area contributed by atoms with Gasteiger partial charge in [-0.25, -0.2) is 0 Å². The Labute approximate surface area is 128 Å². The summed E-state index contributed by atoms with van der Waals surface area (Å²) in [5.41, 5.74) is 4.81. The van der Waals surface area contributed by atoms with Crippen molar-refractivity contribution in [2.75, 3.05) is 7.11 Å². The molecule has 1 aliphatic carbocycles. The zero-order valence-corrected chi connectivity index (χ0v) is 14.5. The molecular formula is C17H24O3Si. The Morgan fingerprint density at radius 1 is 1.24 bits per heavy atom. The number of fused-ring (bicyclic) bond motifs is 1. The van der Waals surface area contributed by atoms with Gasteiger partial charge in [-0.3, -0.25) is 0 Å². The van der Waals surface area contributed by atoms with Gasteiger partial charge in [0, 0.05) is 11.1 Å². The molecule has 0 spiro atoms. The van der Waals surface area contributed by atoms with E-state index in [4.69, 9.17) is 9.16 Å². The second-order valence-corrected chi connectivity index (χ2v) is 10.9. The van der Waals surface area contributed by atoms with Crippen LogP contribution in [0.5, 0.6) is 5.75 Å². The molecule has 2 rings (SSSR count). The van der Waals surface area contributed by atoms with E-state index in [0.29, 0.717) is 5.95 Å². The number of benzene rings is 1. The minimum absolute atomic E-state index is 0.288. The molecule has 1 aromatic carbocycles. The highest BCUT2D eigenvalue weighted by Crippen LogP contribution is 2.41. The van der Waals surface area contributed by atoms with Crippen LogP contribution in [0.2, 0.25) is 19.6 Å². The molecule has 1 aliphatic rings. The standard InChI is InChI=1S/C17H24O3Si/c1-11-9-13-7-8-14(12(2)16(13)15(18)10-11)17(19-3)20-21(4,5)6/h9-10,18H,2,7-8H2,1,3-6H3/b17-14-. The highest BCUT2D eigenvalue weighted by Gasteiger charge is 2.27. The van der Waals surface area contributed by atoms with E-state index in [-0.39, 0.29) is 5.75 Å². The van der Waals surface area contributed by atoms with Gasteiger partial charge in [0.05, 0.1) is 7.11 Å². The van der Waals surface area contributed by atoms with Crippen LogP contribution in [0, 0.1) is 6.92 Å². The van der Waals surface area contributed by atoms with Gasteiger partial charge < -0.3 is 14.3 Å². The Balaban J connectivity index is 2.48. The first kappa shape index (κ1) is 15.7. The number of phenolic OH excluding ortho intramolecular Hbond substituents is 1. The predicted molar refractivity (Wildman–Crippen MR) is 88.7 cm³/mol. The van der Waals surface area contributed by atoms with E-state index in [9.17, 15) is 5.11 Å². The van der Waals surface area contributed by atoms with Gasteiger partial charge in [-0.1, -0.05) is 12.6 Å². The normalized spacial score (nSPS) is 17.3. The molecule has 0 fully saturated rings. The van der Waals surface area contributed by atoms with E-state index in [1.165, 1.54) is 0 Å². The van der Waals surface area contributed by atoms with Crippen LogP contribution in [0.1, 0.15) is 23.1 Å². The Morgan fingerprint density at radius 2 is 1.90 bits per heavy atom. The summed E-state index contributed by atoms with van der Waals surface area (Å²) in [5.74, 6) is 0.848. The first-order chi connectivity index (χ1) is 9.73. The maximum atomic E-state index is 10.3. The molecule has 0 bridgehead atoms. The molecule has 0 amide bonds. The van der Waals surface area contributed by atoms with Gasteiger partial charge in [-0.15, -0.1) is 0 Å². The van der Waals surface area contributed by atoms with E-state index in [1.807, 2.05) is 6.92 Å². The van der Waals surface area contributed by atoms with E-state index < -0.39 is 8.32 Å². The van der Waals surface area contributed by atoms with Gasteiger partial charge in [-0.05, 0) is 62.2 Å². The molecule has 0 unspecified atom stereocenters. The lowest BCUT2D eigenvalue weighted by Gasteiger charge is -2.27. The molecule has 0 radical (unpaired) electrons. The van der Waals surface area contributed by atoms with Crippen LogP contribution in [0.4, 0.5) is 0 Å². The molecule has 3 nitrogen and oxygen atoms in total. The molecule has 0 atom stereocenters. The van der Waals surface area contributed by atoms with Gasteiger partial charge in [0.2, 0.25) is 8.32 Å². The summed E-state index contributed by atoms with van der Waals surface area (Å²) < 4.78 is 11.5. The monoisotopic (exact) mass is 304 g/mol. The van der Waals surface area contributed by atoms with Crippen molar-refractivity contribution in [1.29, 1.82) is 0 Å². The van der Waals surface area contributed by atoms with Crippen LogP contribution in [0.15, 0.2) is 30.2 Å². The van der Waals surface area contributed by atoms with Gasteiger partial charge >= 0.3 is 0 Å². The minimum Gasteiger partial charge on any atom is -0.520 e. The van der Waals surface area contributed by atoms with Crippen molar-refractivity contribution in [3.63, 3.8) is 0 Å². The highest BCUT2D eigenvalue weighted by molar-refractivity contribution is 6.70. The number of allylic oxidation sites excluding steroid dienone is 2. The fraction of sp³-hybridized carbons (Fsp3) is 0.412. The van der Waals surface area contributed by atoms with Crippen LogP contribution in [-0.4, -0.2) is 20.5 Å². The number of methoxy groups -OCH3 is 1. The molecule has 4 heteroatoms. The maximum absolute atomic E-state index is 10.3. The van der Waals surface area contributed by atoms with E-state index >= 15 is 0 Å². The summed E-state index contributed by atoms with van der Waals surface area (Å²) in [6.45, 7) is 12.5. The van der Waals surface area contributed by atoms with Gasteiger partial charge in [0.15, 0.2) is 0 Å². The average molecular weight is 304 g/mol. The van der Waals surface area contributed by atoms with Crippen LogP contribution in [-0.2, 0) is 15.6 Å². The van der Waals surface area contributed by atoms with Crippen molar-refractivity contribution >= 4 is 13.9 Å². The predicted octanol–water partition coefficient (Wildman–Crippen LogP) is 4.37. The van der Waals surface area contributed by atoms with E-state index in [0.717, 1.165) is 40.7 Å². The topological polar surface area (TPSA) is 38.7 Å². The van der Waals surface area contributed by atoms with Crippen molar-refractivity contribution in [2.24, 2.45) is 0 Å². The third-order valence-electron chi connectivity index (χ3n) is 3.48. The number of hydrogen-bond donors (Lipinski definition) is 1.